The molecule has 5 heteroatoms. The van der Waals surface area contributed by atoms with Gasteiger partial charge in [0, 0.05) is 31.4 Å². The van der Waals surface area contributed by atoms with Gasteiger partial charge in [0.05, 0.1) is 5.52 Å². The minimum absolute atomic E-state index is 0.0938. The number of nitrogens with two attached hydrogens (primary N) is 1. The summed E-state index contributed by atoms with van der Waals surface area (Å²) in [7, 11) is 1.71. The van der Waals surface area contributed by atoms with Gasteiger partial charge >= 0.3 is 0 Å². The highest BCUT2D eigenvalue weighted by atomic mass is 16.2. The van der Waals surface area contributed by atoms with Gasteiger partial charge in [0.15, 0.2) is 5.82 Å². The third kappa shape index (κ3) is 1.09. The third-order valence-corrected chi connectivity index (χ3v) is 3.02. The van der Waals surface area contributed by atoms with Gasteiger partial charge in [0.2, 0.25) is 5.91 Å². The van der Waals surface area contributed by atoms with Gasteiger partial charge in [-0.15, -0.1) is 0 Å². The van der Waals surface area contributed by atoms with Crippen molar-refractivity contribution in [2.75, 3.05) is 11.9 Å². The third-order valence-electron chi connectivity index (χ3n) is 3.02. The van der Waals surface area contributed by atoms with E-state index in [1.54, 1.807) is 13.2 Å². The van der Waals surface area contributed by atoms with Gasteiger partial charge < -0.3 is 10.3 Å². The maximum atomic E-state index is 11.9. The van der Waals surface area contributed by atoms with Gasteiger partial charge in [-0.3, -0.25) is 9.69 Å². The zero-order valence-corrected chi connectivity index (χ0v) is 8.92. The smallest absolute Gasteiger partial charge is 0.246 e. The molecule has 0 saturated heterocycles. The Morgan fingerprint density at radius 1 is 1.50 bits per heavy atom. The van der Waals surface area contributed by atoms with Crippen LogP contribution in [0.4, 0.5) is 5.82 Å². The quantitative estimate of drug-likeness (QED) is 0.690. The van der Waals surface area contributed by atoms with Crippen LogP contribution in [0, 0.1) is 0 Å². The summed E-state index contributed by atoms with van der Waals surface area (Å²) in [5.41, 5.74) is 6.82. The number of likely N-dealkylation sites (N-methyl/N-ethyl adjacent to an activating group) is 1. The molecule has 1 aliphatic heterocycles. The monoisotopic (exact) mass is 216 g/mol. The van der Waals surface area contributed by atoms with E-state index in [2.05, 4.69) is 4.98 Å². The van der Waals surface area contributed by atoms with Crippen LogP contribution >= 0.6 is 0 Å². The van der Waals surface area contributed by atoms with Crippen molar-refractivity contribution >= 4 is 22.6 Å². The summed E-state index contributed by atoms with van der Waals surface area (Å²) < 4.78 is 1.99. The number of carbonyl (C=O) groups excluding carboxylic acids is 1. The van der Waals surface area contributed by atoms with E-state index in [0.717, 1.165) is 10.9 Å². The molecule has 3 heterocycles. The van der Waals surface area contributed by atoms with Crippen LogP contribution in [-0.2, 0) is 11.3 Å². The fourth-order valence-electron chi connectivity index (χ4n) is 2.17. The summed E-state index contributed by atoms with van der Waals surface area (Å²) in [6.07, 6.45) is 3.66. The van der Waals surface area contributed by atoms with E-state index in [0.29, 0.717) is 12.4 Å². The molecular formula is C11H12N4O. The molecule has 0 aromatic carbocycles. The lowest BCUT2D eigenvalue weighted by molar-refractivity contribution is -0.119. The minimum atomic E-state index is -0.505. The Morgan fingerprint density at radius 2 is 2.31 bits per heavy atom. The molecule has 16 heavy (non-hydrogen) atoms. The fourth-order valence-corrected chi connectivity index (χ4v) is 2.17. The predicted octanol–water partition coefficient (Wildman–Crippen LogP) is 0.340. The summed E-state index contributed by atoms with van der Waals surface area (Å²) in [5.74, 6) is 0.587. The van der Waals surface area contributed by atoms with Crippen molar-refractivity contribution in [3.8, 4) is 0 Å². The van der Waals surface area contributed by atoms with Crippen LogP contribution in [0.25, 0.3) is 10.9 Å². The van der Waals surface area contributed by atoms with Gasteiger partial charge in [-0.05, 0) is 12.1 Å². The van der Waals surface area contributed by atoms with Crippen molar-refractivity contribution in [3.05, 3.63) is 24.5 Å². The van der Waals surface area contributed by atoms with E-state index in [-0.39, 0.29) is 5.91 Å². The molecule has 2 aromatic heterocycles. The van der Waals surface area contributed by atoms with Crippen molar-refractivity contribution in [1.82, 2.24) is 9.55 Å². The van der Waals surface area contributed by atoms with Gasteiger partial charge in [0.25, 0.3) is 0 Å². The van der Waals surface area contributed by atoms with Crippen molar-refractivity contribution in [3.63, 3.8) is 0 Å². The number of hydrogen-bond acceptors (Lipinski definition) is 3. The van der Waals surface area contributed by atoms with E-state index in [4.69, 9.17) is 5.73 Å². The number of nitrogens with zero attached hydrogens (tertiary/aromatic N) is 3. The number of amides is 1. The van der Waals surface area contributed by atoms with E-state index >= 15 is 0 Å². The Morgan fingerprint density at radius 3 is 3.12 bits per heavy atom. The summed E-state index contributed by atoms with van der Waals surface area (Å²) in [6.45, 7) is 0.505. The van der Waals surface area contributed by atoms with E-state index < -0.39 is 6.04 Å². The lowest BCUT2D eigenvalue weighted by Crippen LogP contribution is -2.42. The average molecular weight is 216 g/mol. The molecule has 5 nitrogen and oxygen atoms in total. The van der Waals surface area contributed by atoms with Crippen LogP contribution in [0.15, 0.2) is 24.5 Å². The molecule has 1 atom stereocenters. The number of carbonyl (C=O) groups is 1. The summed E-state index contributed by atoms with van der Waals surface area (Å²) >= 11 is 0. The molecular weight excluding hydrogens is 204 g/mol. The highest BCUT2D eigenvalue weighted by molar-refractivity contribution is 6.03. The Hall–Kier alpha value is -1.88. The van der Waals surface area contributed by atoms with E-state index in [1.165, 1.54) is 4.90 Å². The normalized spacial score (nSPS) is 20.2. The summed E-state index contributed by atoms with van der Waals surface area (Å²) in [4.78, 5) is 17.7. The first-order valence-electron chi connectivity index (χ1n) is 5.15. The molecule has 2 aromatic rings. The highest BCUT2D eigenvalue weighted by Gasteiger charge is 2.27. The zero-order chi connectivity index (χ0) is 11.3. The second-order valence-electron chi connectivity index (χ2n) is 4.04. The fraction of sp³-hybridized carbons (Fsp3) is 0.273. The molecule has 3 rings (SSSR count). The Labute approximate surface area is 92.5 Å². The Bertz CT molecular complexity index is 574. The second kappa shape index (κ2) is 3.05. The standard InChI is InChI=1S/C11H12N4O/c1-14-10-9-7(2-4-13-10)3-5-15(9)6-8(12)11(14)16/h2-5,8H,6,12H2,1H3/t8-/m0/s1. The molecule has 0 unspecified atom stereocenters. The molecule has 1 amide bonds. The van der Waals surface area contributed by atoms with E-state index in [9.17, 15) is 4.79 Å². The lowest BCUT2D eigenvalue weighted by Gasteiger charge is -2.16. The first-order valence-corrected chi connectivity index (χ1v) is 5.15. The van der Waals surface area contributed by atoms with Crippen LogP contribution in [0.1, 0.15) is 0 Å². The zero-order valence-electron chi connectivity index (χ0n) is 8.92. The summed E-state index contributed by atoms with van der Waals surface area (Å²) in [6, 6.07) is 3.44. The molecule has 0 fully saturated rings. The Kier molecular flexibility index (Phi) is 1.79. The molecule has 0 spiro atoms. The minimum Gasteiger partial charge on any atom is -0.342 e. The van der Waals surface area contributed by atoms with Crippen molar-refractivity contribution in [2.24, 2.45) is 5.73 Å². The van der Waals surface area contributed by atoms with Gasteiger partial charge in [-0.1, -0.05) is 0 Å². The van der Waals surface area contributed by atoms with Crippen LogP contribution in [-0.4, -0.2) is 28.5 Å². The first kappa shape index (κ1) is 9.35. The highest BCUT2D eigenvalue weighted by Crippen LogP contribution is 2.27. The van der Waals surface area contributed by atoms with Crippen LogP contribution < -0.4 is 10.6 Å². The van der Waals surface area contributed by atoms with Crippen LogP contribution in [0.5, 0.6) is 0 Å². The molecule has 0 saturated carbocycles. The van der Waals surface area contributed by atoms with Crippen LogP contribution in [0.3, 0.4) is 0 Å². The number of rotatable bonds is 0. The molecule has 0 radical (unpaired) electrons. The predicted molar refractivity (Wildman–Crippen MR) is 61.1 cm³/mol. The number of pyridine rings is 1. The molecule has 1 aliphatic rings. The second-order valence-corrected chi connectivity index (χ2v) is 4.04. The van der Waals surface area contributed by atoms with Gasteiger partial charge in [0.1, 0.15) is 6.04 Å². The number of aromatic nitrogens is 2. The van der Waals surface area contributed by atoms with Gasteiger partial charge in [-0.25, -0.2) is 4.98 Å². The molecule has 0 aliphatic carbocycles. The molecule has 2 N–H and O–H groups in total. The van der Waals surface area contributed by atoms with E-state index in [1.807, 2.05) is 22.9 Å². The Balaban J connectivity index is 2.35. The number of anilines is 1. The van der Waals surface area contributed by atoms with Crippen molar-refractivity contribution in [1.29, 1.82) is 0 Å². The van der Waals surface area contributed by atoms with Crippen molar-refractivity contribution in [2.45, 2.75) is 12.6 Å². The van der Waals surface area contributed by atoms with Gasteiger partial charge in [-0.2, -0.15) is 0 Å². The van der Waals surface area contributed by atoms with Crippen LogP contribution in [0.2, 0.25) is 0 Å². The largest absolute Gasteiger partial charge is 0.342 e. The summed E-state index contributed by atoms with van der Waals surface area (Å²) in [5, 5.41) is 1.08. The lowest BCUT2D eigenvalue weighted by atomic mass is 10.3. The van der Waals surface area contributed by atoms with Crippen molar-refractivity contribution < 1.29 is 4.79 Å². The molecule has 82 valence electrons. The first-order chi connectivity index (χ1) is 7.68. The topological polar surface area (TPSA) is 64.2 Å². The average Bonchev–Trinajstić information content (AvgIpc) is 2.66. The SMILES string of the molecule is CN1C(=O)[C@@H](N)Cn2ccc3ccnc1c32. The maximum absolute atomic E-state index is 11.9. The molecule has 0 bridgehead atoms. The maximum Gasteiger partial charge on any atom is 0.246 e. The number of hydrogen-bond donors (Lipinski definition) is 1.